The highest BCUT2D eigenvalue weighted by Gasteiger charge is 2.51. The molecule has 0 unspecified atom stereocenters. The van der Waals surface area contributed by atoms with Gasteiger partial charge in [0.1, 0.15) is 0 Å². The molecule has 0 saturated carbocycles. The Balaban J connectivity index is 1.08. The summed E-state index contributed by atoms with van der Waals surface area (Å²) in [5, 5.41) is 10.1. The molecule has 63 heavy (non-hydrogen) atoms. The van der Waals surface area contributed by atoms with E-state index in [0.717, 1.165) is 55.9 Å². The first-order chi connectivity index (χ1) is 31.3. The summed E-state index contributed by atoms with van der Waals surface area (Å²) < 4.78 is 4.83. The van der Waals surface area contributed by atoms with E-state index >= 15 is 0 Å². The quantitative estimate of drug-likeness (QED) is 0.157. The van der Waals surface area contributed by atoms with Crippen LogP contribution in [-0.4, -0.2) is 27.2 Å². The van der Waals surface area contributed by atoms with Crippen molar-refractivity contribution in [3.8, 4) is 45.1 Å². The fraction of sp³-hybridized carbons (Fsp3) is 0. The van der Waals surface area contributed by atoms with Gasteiger partial charge in [0.2, 0.25) is 8.07 Å². The maximum atomic E-state index is 5.82. The van der Waals surface area contributed by atoms with E-state index in [2.05, 4.69) is 240 Å². The maximum absolute atomic E-state index is 5.82. The molecule has 0 amide bonds. The van der Waals surface area contributed by atoms with Crippen LogP contribution in [0.1, 0.15) is 0 Å². The predicted octanol–water partition coefficient (Wildman–Crippen LogP) is 11.4. The number of benzene rings is 9. The second kappa shape index (κ2) is 14.0. The van der Waals surface area contributed by atoms with Gasteiger partial charge in [-0.1, -0.05) is 182 Å². The molecular weight excluding hydrogens is 781 g/mol. The van der Waals surface area contributed by atoms with E-state index in [1.807, 2.05) is 0 Å². The SMILES string of the molecule is c1ccc(-c2nc(-c3cccc(-n4c5ccccc5c5c6c7ccccc7n(-c7ccccc7)c6ccc54)c3)nc3c2-c2ccccc2[Si]3(c2ccccc2)c2ccccc2)cc1. The van der Waals surface area contributed by atoms with Crippen LogP contribution in [0.25, 0.3) is 88.8 Å². The maximum Gasteiger partial charge on any atom is 0.203 e. The third-order valence-corrected chi connectivity index (χ3v) is 17.9. The van der Waals surface area contributed by atoms with Gasteiger partial charge >= 0.3 is 0 Å². The molecule has 3 aromatic heterocycles. The second-order valence-corrected chi connectivity index (χ2v) is 20.1. The number of rotatable bonds is 6. The Morgan fingerprint density at radius 1 is 0.365 bits per heavy atom. The minimum absolute atomic E-state index is 0.722. The lowest BCUT2D eigenvalue weighted by atomic mass is 10.0. The van der Waals surface area contributed by atoms with Gasteiger partial charge in [0.05, 0.1) is 33.1 Å². The van der Waals surface area contributed by atoms with Gasteiger partial charge in [-0.2, -0.15) is 0 Å². The lowest BCUT2D eigenvalue weighted by Gasteiger charge is -2.30. The molecule has 4 heterocycles. The van der Waals surface area contributed by atoms with Crippen LogP contribution >= 0.6 is 0 Å². The van der Waals surface area contributed by atoms with Crippen LogP contribution < -0.4 is 20.9 Å². The molecule has 13 rings (SSSR count). The van der Waals surface area contributed by atoms with Crippen LogP contribution in [0.2, 0.25) is 0 Å². The van der Waals surface area contributed by atoms with E-state index in [0.29, 0.717) is 0 Å². The molecule has 294 valence electrons. The van der Waals surface area contributed by atoms with Gasteiger partial charge < -0.3 is 9.13 Å². The van der Waals surface area contributed by atoms with E-state index in [4.69, 9.17) is 9.97 Å². The Morgan fingerprint density at radius 3 is 1.49 bits per heavy atom. The van der Waals surface area contributed by atoms with Crippen molar-refractivity contribution in [1.29, 1.82) is 0 Å². The molecule has 12 aromatic rings. The number of hydrogen-bond acceptors (Lipinski definition) is 2. The lowest BCUT2D eigenvalue weighted by molar-refractivity contribution is 1.16. The first kappa shape index (κ1) is 35.6. The number of aromatic nitrogens is 4. The van der Waals surface area contributed by atoms with Crippen LogP contribution in [0.4, 0.5) is 0 Å². The number of nitrogens with zero attached hydrogens (tertiary/aromatic N) is 4. The average molecular weight is 819 g/mol. The molecule has 0 atom stereocenters. The van der Waals surface area contributed by atoms with Crippen LogP contribution in [0, 0.1) is 0 Å². The average Bonchev–Trinajstić information content (AvgIpc) is 3.99. The molecule has 1 aliphatic heterocycles. The lowest BCUT2D eigenvalue weighted by Crippen LogP contribution is -2.73. The van der Waals surface area contributed by atoms with E-state index in [9.17, 15) is 0 Å². The Kier molecular flexibility index (Phi) is 7.89. The van der Waals surface area contributed by atoms with Crippen LogP contribution in [-0.2, 0) is 0 Å². The number of para-hydroxylation sites is 3. The predicted molar refractivity (Wildman–Crippen MR) is 264 cm³/mol. The van der Waals surface area contributed by atoms with Crippen molar-refractivity contribution in [2.24, 2.45) is 0 Å². The first-order valence-corrected chi connectivity index (χ1v) is 23.6. The summed E-state index contributed by atoms with van der Waals surface area (Å²) in [5.41, 5.74) is 12.3. The van der Waals surface area contributed by atoms with Crippen LogP contribution in [0.3, 0.4) is 0 Å². The van der Waals surface area contributed by atoms with Gasteiger partial charge in [-0.15, -0.1) is 0 Å². The summed E-state index contributed by atoms with van der Waals surface area (Å²) in [6, 6.07) is 83.6. The molecular formula is C58H38N4Si. The van der Waals surface area contributed by atoms with Crippen LogP contribution in [0.15, 0.2) is 231 Å². The van der Waals surface area contributed by atoms with Gasteiger partial charge in [-0.05, 0) is 69.7 Å². The van der Waals surface area contributed by atoms with Crippen molar-refractivity contribution in [3.63, 3.8) is 0 Å². The monoisotopic (exact) mass is 818 g/mol. The highest BCUT2D eigenvalue weighted by Crippen LogP contribution is 2.43. The zero-order valence-electron chi connectivity index (χ0n) is 34.2. The first-order valence-electron chi connectivity index (χ1n) is 21.6. The molecule has 0 radical (unpaired) electrons. The third-order valence-electron chi connectivity index (χ3n) is 13.2. The standard InChI is InChI=1S/C58H38N4Si/c1-5-20-39(21-6-1)56-55-47-32-15-18-35-52(47)63(43-26-9-3-10-27-43,44-28-11-4-12-29-44)58(55)60-57(59-56)40-22-19-25-42(38-40)62-49-34-17-14-31-46(49)54-51(62)37-36-50-53(54)45-30-13-16-33-48(45)61(50)41-23-7-2-8-24-41/h1-38H. The Labute approximate surface area is 365 Å². The summed E-state index contributed by atoms with van der Waals surface area (Å²) in [4.78, 5) is 11.4. The Hall–Kier alpha value is -8.12. The van der Waals surface area contributed by atoms with Gasteiger partial charge in [0.25, 0.3) is 0 Å². The zero-order chi connectivity index (χ0) is 41.5. The largest absolute Gasteiger partial charge is 0.309 e. The molecule has 0 aliphatic carbocycles. The topological polar surface area (TPSA) is 35.6 Å². The molecule has 9 aromatic carbocycles. The minimum atomic E-state index is -2.92. The smallest absolute Gasteiger partial charge is 0.203 e. The zero-order valence-corrected chi connectivity index (χ0v) is 35.2. The van der Waals surface area contributed by atoms with E-state index in [-0.39, 0.29) is 0 Å². The molecule has 1 aliphatic rings. The number of hydrogen-bond donors (Lipinski definition) is 0. The van der Waals surface area contributed by atoms with Gasteiger partial charge in [-0.3, -0.25) is 0 Å². The van der Waals surface area contributed by atoms with Gasteiger partial charge in [0, 0.05) is 49.6 Å². The molecule has 5 heteroatoms. The van der Waals surface area contributed by atoms with Crippen molar-refractivity contribution in [1.82, 2.24) is 19.1 Å². The molecule has 0 fully saturated rings. The summed E-state index contributed by atoms with van der Waals surface area (Å²) >= 11 is 0. The van der Waals surface area contributed by atoms with E-state index < -0.39 is 8.07 Å². The van der Waals surface area contributed by atoms with Crippen molar-refractivity contribution in [3.05, 3.63) is 231 Å². The van der Waals surface area contributed by atoms with Crippen molar-refractivity contribution in [2.45, 2.75) is 0 Å². The Morgan fingerprint density at radius 2 is 0.857 bits per heavy atom. The molecule has 4 nitrogen and oxygen atoms in total. The highest BCUT2D eigenvalue weighted by atomic mass is 28.3. The second-order valence-electron chi connectivity index (χ2n) is 16.5. The summed E-state index contributed by atoms with van der Waals surface area (Å²) in [6.45, 7) is 0. The molecule has 0 saturated heterocycles. The van der Waals surface area contributed by atoms with Gasteiger partial charge in [-0.25, -0.2) is 9.97 Å². The van der Waals surface area contributed by atoms with E-state index in [1.54, 1.807) is 0 Å². The molecule has 0 spiro atoms. The number of fused-ring (bicyclic) bond motifs is 10. The normalized spacial score (nSPS) is 12.9. The fourth-order valence-electron chi connectivity index (χ4n) is 10.6. The van der Waals surface area contributed by atoms with Crippen molar-refractivity contribution in [2.75, 3.05) is 0 Å². The Bertz CT molecular complexity index is 3690. The molecule has 0 bridgehead atoms. The van der Waals surface area contributed by atoms with E-state index in [1.165, 1.54) is 53.7 Å². The summed E-state index contributed by atoms with van der Waals surface area (Å²) in [5.74, 6) is 0.722. The van der Waals surface area contributed by atoms with Crippen molar-refractivity contribution >= 4 is 72.6 Å². The van der Waals surface area contributed by atoms with Crippen LogP contribution in [0.5, 0.6) is 0 Å². The summed E-state index contributed by atoms with van der Waals surface area (Å²) in [7, 11) is -2.92. The minimum Gasteiger partial charge on any atom is -0.309 e. The van der Waals surface area contributed by atoms with Gasteiger partial charge in [0.15, 0.2) is 5.82 Å². The fourth-order valence-corrected chi connectivity index (χ4v) is 15.6. The third kappa shape index (κ3) is 5.14. The summed E-state index contributed by atoms with van der Waals surface area (Å²) in [6.07, 6.45) is 0. The molecule has 0 N–H and O–H groups in total. The van der Waals surface area contributed by atoms with Crippen molar-refractivity contribution < 1.29 is 0 Å². The highest BCUT2D eigenvalue weighted by molar-refractivity contribution is 7.21.